The lowest BCUT2D eigenvalue weighted by molar-refractivity contribution is -0.134. The summed E-state index contributed by atoms with van der Waals surface area (Å²) in [4.78, 5) is 15.7. The Morgan fingerprint density at radius 1 is 1.35 bits per heavy atom. The van der Waals surface area contributed by atoms with Crippen molar-refractivity contribution in [2.45, 2.75) is 26.3 Å². The highest BCUT2D eigenvalue weighted by molar-refractivity contribution is 5.87. The fourth-order valence-electron chi connectivity index (χ4n) is 2.12. The van der Waals surface area contributed by atoms with Gasteiger partial charge in [0.15, 0.2) is 0 Å². The molecule has 2 fully saturated rings. The molecule has 0 saturated carbocycles. The van der Waals surface area contributed by atoms with E-state index in [1.165, 1.54) is 6.08 Å². The molecular formula is C13H24N2O2. The van der Waals surface area contributed by atoms with E-state index in [2.05, 4.69) is 11.5 Å². The molecule has 0 aliphatic carbocycles. The van der Waals surface area contributed by atoms with Gasteiger partial charge in [0.25, 0.3) is 0 Å². The molecule has 2 aliphatic heterocycles. The Morgan fingerprint density at radius 2 is 2.00 bits per heavy atom. The molecule has 2 aliphatic rings. The van der Waals surface area contributed by atoms with Crippen molar-refractivity contribution in [2.75, 3.05) is 39.4 Å². The molecule has 2 heterocycles. The number of morpholine rings is 1. The fourth-order valence-corrected chi connectivity index (χ4v) is 2.12. The molecule has 2 rings (SSSR count). The van der Waals surface area contributed by atoms with E-state index in [0.717, 1.165) is 45.8 Å². The van der Waals surface area contributed by atoms with Gasteiger partial charge in [0, 0.05) is 32.2 Å². The van der Waals surface area contributed by atoms with Crippen LogP contribution in [0.2, 0.25) is 0 Å². The van der Waals surface area contributed by atoms with Gasteiger partial charge in [-0.3, -0.25) is 9.69 Å². The number of hydrogen-bond acceptors (Lipinski definition) is 3. The van der Waals surface area contributed by atoms with E-state index in [9.17, 15) is 4.79 Å². The summed E-state index contributed by atoms with van der Waals surface area (Å²) in [6, 6.07) is 0.397. The van der Waals surface area contributed by atoms with Crippen LogP contribution in [-0.2, 0) is 9.53 Å². The molecule has 17 heavy (non-hydrogen) atoms. The molecule has 1 atom stereocenters. The lowest BCUT2D eigenvalue weighted by atomic mass is 10.0. The number of carbonyl (C=O) groups excluding carboxylic acids is 1. The average Bonchev–Trinajstić information content (AvgIpc) is 2.38. The van der Waals surface area contributed by atoms with Crippen LogP contribution in [0.25, 0.3) is 0 Å². The lowest BCUT2D eigenvalue weighted by Gasteiger charge is -2.43. The van der Waals surface area contributed by atoms with Crippen LogP contribution in [0.1, 0.15) is 20.3 Å². The Balaban J connectivity index is 0.000000686. The number of likely N-dealkylation sites (tertiary alicyclic amines) is 1. The van der Waals surface area contributed by atoms with E-state index < -0.39 is 0 Å². The summed E-state index contributed by atoms with van der Waals surface area (Å²) in [5.41, 5.74) is 0. The molecule has 2 saturated heterocycles. The molecule has 1 amide bonds. The third-order valence-corrected chi connectivity index (χ3v) is 3.17. The van der Waals surface area contributed by atoms with Crippen LogP contribution in [0.15, 0.2) is 12.7 Å². The fraction of sp³-hybridized carbons (Fsp3) is 0.769. The summed E-state index contributed by atoms with van der Waals surface area (Å²) >= 11 is 0. The SMILES string of the molecule is C=CC(=O)N1CCC1CN1CCOCC1.CC. The van der Waals surface area contributed by atoms with Crippen molar-refractivity contribution in [1.82, 2.24) is 9.80 Å². The molecule has 0 N–H and O–H groups in total. The first-order valence-electron chi connectivity index (χ1n) is 6.54. The van der Waals surface area contributed by atoms with Gasteiger partial charge < -0.3 is 9.64 Å². The smallest absolute Gasteiger partial charge is 0.246 e. The highest BCUT2D eigenvalue weighted by Crippen LogP contribution is 2.19. The summed E-state index contributed by atoms with van der Waals surface area (Å²) in [5, 5.41) is 0. The van der Waals surface area contributed by atoms with Gasteiger partial charge in [-0.2, -0.15) is 0 Å². The van der Waals surface area contributed by atoms with Crippen LogP contribution < -0.4 is 0 Å². The maximum Gasteiger partial charge on any atom is 0.246 e. The Kier molecular flexibility index (Phi) is 6.22. The summed E-state index contributed by atoms with van der Waals surface area (Å²) in [6.07, 6.45) is 2.53. The van der Waals surface area contributed by atoms with Crippen molar-refractivity contribution in [1.29, 1.82) is 0 Å². The summed E-state index contributed by atoms with van der Waals surface area (Å²) in [7, 11) is 0. The predicted molar refractivity (Wildman–Crippen MR) is 68.9 cm³/mol. The van der Waals surface area contributed by atoms with E-state index >= 15 is 0 Å². The van der Waals surface area contributed by atoms with Gasteiger partial charge in [-0.05, 0) is 12.5 Å². The van der Waals surface area contributed by atoms with E-state index in [1.807, 2.05) is 18.7 Å². The second-order valence-electron chi connectivity index (χ2n) is 4.09. The second kappa shape index (κ2) is 7.45. The van der Waals surface area contributed by atoms with E-state index in [0.29, 0.717) is 6.04 Å². The minimum Gasteiger partial charge on any atom is -0.379 e. The lowest BCUT2D eigenvalue weighted by Crippen LogP contribution is -2.56. The van der Waals surface area contributed by atoms with Gasteiger partial charge in [-0.1, -0.05) is 20.4 Å². The van der Waals surface area contributed by atoms with E-state index in [-0.39, 0.29) is 5.91 Å². The molecule has 4 heteroatoms. The first-order chi connectivity index (χ1) is 8.31. The number of ether oxygens (including phenoxy) is 1. The first-order valence-corrected chi connectivity index (χ1v) is 6.54. The Labute approximate surface area is 104 Å². The number of carbonyl (C=O) groups is 1. The van der Waals surface area contributed by atoms with Crippen LogP contribution in [0, 0.1) is 0 Å². The number of rotatable bonds is 3. The van der Waals surface area contributed by atoms with Gasteiger partial charge in [-0.15, -0.1) is 0 Å². The van der Waals surface area contributed by atoms with Gasteiger partial charge in [0.05, 0.1) is 13.2 Å². The molecule has 0 spiro atoms. The Morgan fingerprint density at radius 3 is 2.47 bits per heavy atom. The van der Waals surface area contributed by atoms with E-state index in [1.54, 1.807) is 0 Å². The number of amides is 1. The monoisotopic (exact) mass is 240 g/mol. The average molecular weight is 240 g/mol. The Bertz CT molecular complexity index is 250. The summed E-state index contributed by atoms with van der Waals surface area (Å²) in [6.45, 7) is 13.0. The highest BCUT2D eigenvalue weighted by Gasteiger charge is 2.32. The maximum absolute atomic E-state index is 11.4. The van der Waals surface area contributed by atoms with Crippen LogP contribution in [0.4, 0.5) is 0 Å². The maximum atomic E-state index is 11.4. The quantitative estimate of drug-likeness (QED) is 0.693. The minimum absolute atomic E-state index is 0.0690. The molecular weight excluding hydrogens is 216 g/mol. The van der Waals surface area contributed by atoms with E-state index in [4.69, 9.17) is 4.74 Å². The molecule has 0 radical (unpaired) electrons. The highest BCUT2D eigenvalue weighted by atomic mass is 16.5. The van der Waals surface area contributed by atoms with Crippen molar-refractivity contribution >= 4 is 5.91 Å². The topological polar surface area (TPSA) is 32.8 Å². The van der Waals surface area contributed by atoms with Crippen molar-refractivity contribution in [3.63, 3.8) is 0 Å². The minimum atomic E-state index is 0.0690. The zero-order valence-corrected chi connectivity index (χ0v) is 11.0. The summed E-state index contributed by atoms with van der Waals surface area (Å²) in [5.74, 6) is 0.0690. The normalized spacial score (nSPS) is 24.4. The van der Waals surface area contributed by atoms with Crippen molar-refractivity contribution in [3.8, 4) is 0 Å². The van der Waals surface area contributed by atoms with Crippen molar-refractivity contribution < 1.29 is 9.53 Å². The van der Waals surface area contributed by atoms with Gasteiger partial charge in [0.2, 0.25) is 5.91 Å². The third kappa shape index (κ3) is 3.82. The predicted octanol–water partition coefficient (Wildman–Crippen LogP) is 1.13. The standard InChI is InChI=1S/C11H18N2O2.C2H6/c1-2-11(14)13-4-3-10(13)9-12-5-7-15-8-6-12;1-2/h2,10H,1,3-9H2;1-2H3. The second-order valence-corrected chi connectivity index (χ2v) is 4.09. The zero-order chi connectivity index (χ0) is 12.7. The number of nitrogens with zero attached hydrogens (tertiary/aromatic N) is 2. The molecule has 0 aromatic heterocycles. The van der Waals surface area contributed by atoms with Crippen LogP contribution in [-0.4, -0.2) is 61.1 Å². The van der Waals surface area contributed by atoms with Gasteiger partial charge in [-0.25, -0.2) is 0 Å². The third-order valence-electron chi connectivity index (χ3n) is 3.17. The van der Waals surface area contributed by atoms with Crippen LogP contribution in [0.5, 0.6) is 0 Å². The van der Waals surface area contributed by atoms with Gasteiger partial charge >= 0.3 is 0 Å². The van der Waals surface area contributed by atoms with Crippen molar-refractivity contribution in [3.05, 3.63) is 12.7 Å². The Hall–Kier alpha value is -0.870. The van der Waals surface area contributed by atoms with Crippen LogP contribution >= 0.6 is 0 Å². The van der Waals surface area contributed by atoms with Crippen molar-refractivity contribution in [2.24, 2.45) is 0 Å². The molecule has 4 nitrogen and oxygen atoms in total. The first kappa shape index (κ1) is 14.2. The zero-order valence-electron chi connectivity index (χ0n) is 11.0. The largest absolute Gasteiger partial charge is 0.379 e. The molecule has 1 unspecified atom stereocenters. The summed E-state index contributed by atoms with van der Waals surface area (Å²) < 4.78 is 5.29. The van der Waals surface area contributed by atoms with Crippen LogP contribution in [0.3, 0.4) is 0 Å². The molecule has 0 aromatic rings. The van der Waals surface area contributed by atoms with Gasteiger partial charge in [0.1, 0.15) is 0 Å². The number of hydrogen-bond donors (Lipinski definition) is 0. The molecule has 0 bridgehead atoms. The molecule has 98 valence electrons. The molecule has 0 aromatic carbocycles.